The second kappa shape index (κ2) is 11.0. The molecule has 4 rings (SSSR count). The predicted octanol–water partition coefficient (Wildman–Crippen LogP) is 5.39. The highest BCUT2D eigenvalue weighted by Gasteiger charge is 2.26. The Bertz CT molecular complexity index is 1160. The van der Waals surface area contributed by atoms with Gasteiger partial charge in [-0.05, 0) is 74.1 Å². The van der Waals surface area contributed by atoms with E-state index in [0.717, 1.165) is 43.3 Å². The summed E-state index contributed by atoms with van der Waals surface area (Å²) in [5.74, 6) is -0.261. The van der Waals surface area contributed by atoms with E-state index >= 15 is 0 Å². The number of pyridine rings is 1. The number of nitrogens with zero attached hydrogens (tertiary/aromatic N) is 1. The molecule has 1 atom stereocenters. The summed E-state index contributed by atoms with van der Waals surface area (Å²) in [6.07, 6.45) is 7.63. The Morgan fingerprint density at radius 3 is 2.62 bits per heavy atom. The van der Waals surface area contributed by atoms with Gasteiger partial charge in [-0.25, -0.2) is 18.2 Å². The molecule has 3 aromatic rings. The Hall–Kier alpha value is -2.90. The fourth-order valence-electron chi connectivity index (χ4n) is 4.64. The van der Waals surface area contributed by atoms with Crippen molar-refractivity contribution in [3.63, 3.8) is 0 Å². The highest BCUT2D eigenvalue weighted by Crippen LogP contribution is 2.29. The Balaban J connectivity index is 1.26. The van der Waals surface area contributed by atoms with E-state index in [9.17, 15) is 13.2 Å². The first-order chi connectivity index (χ1) is 16.4. The Morgan fingerprint density at radius 2 is 1.85 bits per heavy atom. The van der Waals surface area contributed by atoms with Gasteiger partial charge in [0.15, 0.2) is 0 Å². The third-order valence-corrected chi connectivity index (χ3v) is 6.63. The van der Waals surface area contributed by atoms with Gasteiger partial charge >= 0.3 is 0 Å². The number of hydrogen-bond acceptors (Lipinski definition) is 4. The zero-order chi connectivity index (χ0) is 24.1. The lowest BCUT2D eigenvalue weighted by Crippen LogP contribution is -2.40. The van der Waals surface area contributed by atoms with Crippen molar-refractivity contribution in [2.75, 3.05) is 13.7 Å². The molecule has 0 aliphatic heterocycles. The zero-order valence-electron chi connectivity index (χ0n) is 19.2. The minimum absolute atomic E-state index is 0.158. The molecule has 1 saturated carbocycles. The summed E-state index contributed by atoms with van der Waals surface area (Å²) in [6, 6.07) is 10.5. The van der Waals surface area contributed by atoms with E-state index < -0.39 is 11.6 Å². The molecule has 180 valence electrons. The maximum atomic E-state index is 14.7. The molecule has 1 unspecified atom stereocenters. The minimum Gasteiger partial charge on any atom is -0.497 e. The highest BCUT2D eigenvalue weighted by atomic mass is 19.1. The van der Waals surface area contributed by atoms with Gasteiger partial charge in [0.25, 0.3) is 0 Å². The van der Waals surface area contributed by atoms with Crippen LogP contribution < -0.4 is 15.8 Å². The average molecular weight is 470 g/mol. The second-order valence-electron chi connectivity index (χ2n) is 8.93. The van der Waals surface area contributed by atoms with Crippen molar-refractivity contribution in [2.45, 2.75) is 44.2 Å². The second-order valence-corrected chi connectivity index (χ2v) is 8.93. The van der Waals surface area contributed by atoms with Gasteiger partial charge in [0.05, 0.1) is 18.3 Å². The number of fused-ring (bicyclic) bond motifs is 1. The first kappa shape index (κ1) is 24.2. The van der Waals surface area contributed by atoms with Gasteiger partial charge in [0.1, 0.15) is 23.2 Å². The molecule has 3 N–H and O–H groups in total. The van der Waals surface area contributed by atoms with Crippen LogP contribution in [-0.2, 0) is 6.42 Å². The van der Waals surface area contributed by atoms with Crippen LogP contribution in [0.15, 0.2) is 48.5 Å². The normalized spacial score (nSPS) is 19.6. The lowest BCUT2D eigenvalue weighted by Gasteiger charge is -2.32. The molecular formula is C27H30F3N3O. The van der Waals surface area contributed by atoms with Gasteiger partial charge < -0.3 is 15.8 Å². The maximum Gasteiger partial charge on any atom is 0.145 e. The summed E-state index contributed by atoms with van der Waals surface area (Å²) < 4.78 is 46.8. The lowest BCUT2D eigenvalue weighted by atomic mass is 9.80. The molecule has 0 amide bonds. The first-order valence-electron chi connectivity index (χ1n) is 11.7. The third kappa shape index (κ3) is 5.96. The van der Waals surface area contributed by atoms with Gasteiger partial charge in [-0.1, -0.05) is 12.2 Å². The highest BCUT2D eigenvalue weighted by molar-refractivity contribution is 5.80. The fraction of sp³-hybridized carbons (Fsp3) is 0.370. The van der Waals surface area contributed by atoms with Crippen molar-refractivity contribution in [3.8, 4) is 5.75 Å². The average Bonchev–Trinajstić information content (AvgIpc) is 2.84. The van der Waals surface area contributed by atoms with Gasteiger partial charge in [-0.2, -0.15) is 0 Å². The first-order valence-corrected chi connectivity index (χ1v) is 11.7. The van der Waals surface area contributed by atoms with Crippen LogP contribution in [0.4, 0.5) is 13.2 Å². The molecule has 0 spiro atoms. The van der Waals surface area contributed by atoms with Crippen molar-refractivity contribution < 1.29 is 17.9 Å². The fourth-order valence-corrected chi connectivity index (χ4v) is 4.64. The van der Waals surface area contributed by atoms with Crippen LogP contribution in [0, 0.1) is 23.4 Å². The number of halogens is 3. The Labute approximate surface area is 198 Å². The number of aromatic nitrogens is 1. The Morgan fingerprint density at radius 1 is 1.06 bits per heavy atom. The van der Waals surface area contributed by atoms with Crippen LogP contribution in [0.5, 0.6) is 5.75 Å². The van der Waals surface area contributed by atoms with Crippen LogP contribution in [-0.4, -0.2) is 30.7 Å². The number of rotatable bonds is 8. The number of nitrogens with one attached hydrogen (secondary N) is 1. The van der Waals surface area contributed by atoms with E-state index in [0.29, 0.717) is 41.8 Å². The third-order valence-electron chi connectivity index (χ3n) is 6.63. The summed E-state index contributed by atoms with van der Waals surface area (Å²) in [6.45, 7) is 0.578. The van der Waals surface area contributed by atoms with E-state index in [2.05, 4.69) is 10.3 Å². The molecule has 7 heteroatoms. The smallest absolute Gasteiger partial charge is 0.145 e. The van der Waals surface area contributed by atoms with E-state index in [1.807, 2.05) is 12.1 Å². The molecule has 1 fully saturated rings. The SMILES string of the molecule is COc1ccc2nc(CC(N)C3CCC(NCC=Cc4cc(F)ccc4F)CC3)c(F)cc2c1. The number of methoxy groups -OCH3 is 1. The summed E-state index contributed by atoms with van der Waals surface area (Å²) >= 11 is 0. The molecular weight excluding hydrogens is 439 g/mol. The topological polar surface area (TPSA) is 60.2 Å². The van der Waals surface area contributed by atoms with Crippen molar-refractivity contribution in [2.24, 2.45) is 11.7 Å². The molecule has 1 aromatic heterocycles. The standard InChI is InChI=1S/C27H30F3N3O/c1-34-22-9-11-26-19(14-22)15-24(30)27(33-26)16-25(31)17-4-7-21(8-5-17)32-12-2-3-18-13-20(28)6-10-23(18)29/h2-3,6,9-11,13-15,17,21,25,32H,4-5,7-8,12,16,31H2,1H3. The monoisotopic (exact) mass is 469 g/mol. The Kier molecular flexibility index (Phi) is 7.85. The molecule has 0 saturated heterocycles. The van der Waals surface area contributed by atoms with E-state index in [1.165, 1.54) is 12.1 Å². The number of nitrogens with two attached hydrogens (primary N) is 1. The summed E-state index contributed by atoms with van der Waals surface area (Å²) in [5.41, 5.74) is 7.84. The van der Waals surface area contributed by atoms with Crippen LogP contribution in [0.25, 0.3) is 17.0 Å². The number of benzene rings is 2. The van der Waals surface area contributed by atoms with Crippen molar-refractivity contribution in [1.82, 2.24) is 10.3 Å². The van der Waals surface area contributed by atoms with E-state index in [4.69, 9.17) is 10.5 Å². The largest absolute Gasteiger partial charge is 0.497 e. The maximum absolute atomic E-state index is 14.7. The summed E-state index contributed by atoms with van der Waals surface area (Å²) in [4.78, 5) is 4.51. The minimum atomic E-state index is -0.456. The van der Waals surface area contributed by atoms with Crippen molar-refractivity contribution >= 4 is 17.0 Å². The molecule has 1 heterocycles. The van der Waals surface area contributed by atoms with Crippen LogP contribution >= 0.6 is 0 Å². The summed E-state index contributed by atoms with van der Waals surface area (Å²) in [5, 5.41) is 4.15. The molecule has 1 aliphatic carbocycles. The molecule has 0 bridgehead atoms. The number of ether oxygens (including phenoxy) is 1. The molecule has 34 heavy (non-hydrogen) atoms. The van der Waals surface area contributed by atoms with Gasteiger partial charge in [0, 0.05) is 36.0 Å². The van der Waals surface area contributed by atoms with Gasteiger partial charge in [0.2, 0.25) is 0 Å². The van der Waals surface area contributed by atoms with E-state index in [1.54, 1.807) is 25.3 Å². The quantitative estimate of drug-likeness (QED) is 0.464. The molecule has 4 nitrogen and oxygen atoms in total. The van der Waals surface area contributed by atoms with Gasteiger partial charge in [-0.3, -0.25) is 0 Å². The van der Waals surface area contributed by atoms with Crippen LogP contribution in [0.2, 0.25) is 0 Å². The van der Waals surface area contributed by atoms with E-state index in [-0.39, 0.29) is 17.4 Å². The predicted molar refractivity (Wildman–Crippen MR) is 129 cm³/mol. The summed E-state index contributed by atoms with van der Waals surface area (Å²) in [7, 11) is 1.58. The van der Waals surface area contributed by atoms with Crippen LogP contribution in [0.3, 0.4) is 0 Å². The van der Waals surface area contributed by atoms with Gasteiger partial charge in [-0.15, -0.1) is 0 Å². The molecule has 1 aliphatic rings. The molecule has 0 radical (unpaired) electrons. The van der Waals surface area contributed by atoms with Crippen LogP contribution in [0.1, 0.15) is 36.9 Å². The van der Waals surface area contributed by atoms with Crippen molar-refractivity contribution in [1.29, 1.82) is 0 Å². The number of hydrogen-bond donors (Lipinski definition) is 2. The van der Waals surface area contributed by atoms with Crippen molar-refractivity contribution in [3.05, 3.63) is 77.2 Å². The molecule has 2 aromatic carbocycles. The lowest BCUT2D eigenvalue weighted by molar-refractivity contribution is 0.259. The zero-order valence-corrected chi connectivity index (χ0v) is 19.2.